The van der Waals surface area contributed by atoms with Gasteiger partial charge in [0, 0.05) is 18.0 Å². The summed E-state index contributed by atoms with van der Waals surface area (Å²) in [4.78, 5) is 8.39. The SMILES string of the molecule is Cc1ccc(F)c(Nc2ccnc(Nc3cccc(O)c3)n2)c1. The predicted molar refractivity (Wildman–Crippen MR) is 87.8 cm³/mol. The Balaban J connectivity index is 1.81. The van der Waals surface area contributed by atoms with Gasteiger partial charge in [0.2, 0.25) is 5.95 Å². The number of anilines is 4. The highest BCUT2D eigenvalue weighted by molar-refractivity contribution is 5.61. The normalized spacial score (nSPS) is 10.3. The first-order valence-corrected chi connectivity index (χ1v) is 7.02. The van der Waals surface area contributed by atoms with Crippen LogP contribution in [0.2, 0.25) is 0 Å². The first-order valence-electron chi connectivity index (χ1n) is 7.02. The minimum atomic E-state index is -0.350. The van der Waals surface area contributed by atoms with Gasteiger partial charge in [0.1, 0.15) is 17.4 Å². The maximum atomic E-state index is 13.8. The number of aromatic nitrogens is 2. The van der Waals surface area contributed by atoms with E-state index in [2.05, 4.69) is 20.6 Å². The lowest BCUT2D eigenvalue weighted by Gasteiger charge is -2.10. The zero-order chi connectivity index (χ0) is 16.2. The largest absolute Gasteiger partial charge is 0.508 e. The number of phenolic OH excluding ortho intramolecular Hbond substituents is 1. The van der Waals surface area contributed by atoms with Crippen molar-refractivity contribution >= 4 is 23.1 Å². The van der Waals surface area contributed by atoms with E-state index in [-0.39, 0.29) is 11.6 Å². The van der Waals surface area contributed by atoms with E-state index < -0.39 is 0 Å². The molecule has 0 spiro atoms. The van der Waals surface area contributed by atoms with Crippen molar-refractivity contribution in [1.29, 1.82) is 0 Å². The quantitative estimate of drug-likeness (QED) is 0.676. The lowest BCUT2D eigenvalue weighted by atomic mass is 10.2. The van der Waals surface area contributed by atoms with Gasteiger partial charge in [-0.05, 0) is 42.8 Å². The molecule has 0 bridgehead atoms. The molecular formula is C17H15FN4O. The van der Waals surface area contributed by atoms with Crippen molar-refractivity contribution in [2.75, 3.05) is 10.6 Å². The van der Waals surface area contributed by atoms with E-state index in [9.17, 15) is 9.50 Å². The fourth-order valence-corrected chi connectivity index (χ4v) is 2.07. The Morgan fingerprint density at radius 3 is 2.74 bits per heavy atom. The molecule has 0 aliphatic carbocycles. The molecule has 0 fully saturated rings. The highest BCUT2D eigenvalue weighted by Gasteiger charge is 2.05. The van der Waals surface area contributed by atoms with Gasteiger partial charge in [0.05, 0.1) is 5.69 Å². The van der Waals surface area contributed by atoms with E-state index in [0.29, 0.717) is 23.1 Å². The van der Waals surface area contributed by atoms with Crippen molar-refractivity contribution in [3.05, 3.63) is 66.1 Å². The number of nitrogens with one attached hydrogen (secondary N) is 2. The number of hydrogen-bond donors (Lipinski definition) is 3. The maximum Gasteiger partial charge on any atom is 0.229 e. The number of halogens is 1. The summed E-state index contributed by atoms with van der Waals surface area (Å²) in [6, 6.07) is 13.1. The van der Waals surface area contributed by atoms with E-state index in [0.717, 1.165) is 5.56 Å². The summed E-state index contributed by atoms with van der Waals surface area (Å²) >= 11 is 0. The fraction of sp³-hybridized carbons (Fsp3) is 0.0588. The van der Waals surface area contributed by atoms with Crippen LogP contribution in [0.4, 0.5) is 27.5 Å². The van der Waals surface area contributed by atoms with Gasteiger partial charge in [-0.3, -0.25) is 0 Å². The van der Waals surface area contributed by atoms with Gasteiger partial charge >= 0.3 is 0 Å². The molecule has 23 heavy (non-hydrogen) atoms. The first kappa shape index (κ1) is 14.8. The van der Waals surface area contributed by atoms with Crippen molar-refractivity contribution in [2.24, 2.45) is 0 Å². The number of nitrogens with zero attached hydrogens (tertiary/aromatic N) is 2. The molecule has 1 heterocycles. The van der Waals surface area contributed by atoms with Crippen LogP contribution in [0.15, 0.2) is 54.7 Å². The molecule has 2 aromatic carbocycles. The molecule has 0 aliphatic heterocycles. The summed E-state index contributed by atoms with van der Waals surface area (Å²) in [7, 11) is 0. The van der Waals surface area contributed by atoms with Gasteiger partial charge in [-0.2, -0.15) is 4.98 Å². The van der Waals surface area contributed by atoms with Crippen molar-refractivity contribution < 1.29 is 9.50 Å². The highest BCUT2D eigenvalue weighted by atomic mass is 19.1. The third-order valence-corrected chi connectivity index (χ3v) is 3.14. The fourth-order valence-electron chi connectivity index (χ4n) is 2.07. The number of rotatable bonds is 4. The predicted octanol–water partition coefficient (Wildman–Crippen LogP) is 4.12. The Morgan fingerprint density at radius 2 is 1.91 bits per heavy atom. The number of hydrogen-bond acceptors (Lipinski definition) is 5. The standard InChI is InChI=1S/C17H15FN4O/c1-11-5-6-14(18)15(9-11)21-16-7-8-19-17(22-16)20-12-3-2-4-13(23)10-12/h2-10,23H,1H3,(H2,19,20,21,22). The van der Waals surface area contributed by atoms with Gasteiger partial charge in [-0.25, -0.2) is 9.37 Å². The molecule has 0 saturated heterocycles. The molecule has 3 aromatic rings. The number of aromatic hydroxyl groups is 1. The zero-order valence-electron chi connectivity index (χ0n) is 12.4. The minimum Gasteiger partial charge on any atom is -0.508 e. The summed E-state index contributed by atoms with van der Waals surface area (Å²) in [5, 5.41) is 15.4. The molecule has 0 radical (unpaired) electrons. The third-order valence-electron chi connectivity index (χ3n) is 3.14. The van der Waals surface area contributed by atoms with Gasteiger partial charge < -0.3 is 15.7 Å². The molecular weight excluding hydrogens is 295 g/mol. The molecule has 1 aromatic heterocycles. The van der Waals surface area contributed by atoms with Crippen molar-refractivity contribution in [3.8, 4) is 5.75 Å². The molecule has 3 rings (SSSR count). The molecule has 116 valence electrons. The van der Waals surface area contributed by atoms with Gasteiger partial charge in [0.25, 0.3) is 0 Å². The third kappa shape index (κ3) is 3.74. The Kier molecular flexibility index (Phi) is 4.05. The lowest BCUT2D eigenvalue weighted by molar-refractivity contribution is 0.475. The second-order valence-corrected chi connectivity index (χ2v) is 5.05. The summed E-state index contributed by atoms with van der Waals surface area (Å²) in [5.74, 6) is 0.601. The van der Waals surface area contributed by atoms with Crippen LogP contribution in [0.5, 0.6) is 5.75 Å². The van der Waals surface area contributed by atoms with Crippen LogP contribution < -0.4 is 10.6 Å². The highest BCUT2D eigenvalue weighted by Crippen LogP contribution is 2.22. The summed E-state index contributed by atoms with van der Waals surface area (Å²) < 4.78 is 13.8. The monoisotopic (exact) mass is 310 g/mol. The van der Waals surface area contributed by atoms with E-state index in [1.165, 1.54) is 6.07 Å². The van der Waals surface area contributed by atoms with Crippen LogP contribution in [0, 0.1) is 12.7 Å². The molecule has 6 heteroatoms. The Labute approximate surface area is 132 Å². The van der Waals surface area contributed by atoms with E-state index in [4.69, 9.17) is 0 Å². The average molecular weight is 310 g/mol. The lowest BCUT2D eigenvalue weighted by Crippen LogP contribution is -2.01. The van der Waals surface area contributed by atoms with Crippen LogP contribution >= 0.6 is 0 Å². The summed E-state index contributed by atoms with van der Waals surface area (Å²) in [6.45, 7) is 1.89. The van der Waals surface area contributed by atoms with Crippen LogP contribution in [0.25, 0.3) is 0 Å². The Bertz CT molecular complexity index is 838. The van der Waals surface area contributed by atoms with Gasteiger partial charge in [0.15, 0.2) is 0 Å². The van der Waals surface area contributed by atoms with Crippen molar-refractivity contribution in [2.45, 2.75) is 6.92 Å². The van der Waals surface area contributed by atoms with E-state index in [1.807, 2.05) is 6.92 Å². The van der Waals surface area contributed by atoms with Crippen molar-refractivity contribution in [1.82, 2.24) is 9.97 Å². The molecule has 0 aliphatic rings. The Hall–Kier alpha value is -3.15. The van der Waals surface area contributed by atoms with Crippen LogP contribution in [-0.4, -0.2) is 15.1 Å². The van der Waals surface area contributed by atoms with Gasteiger partial charge in [-0.15, -0.1) is 0 Å². The van der Waals surface area contributed by atoms with E-state index in [1.54, 1.807) is 48.7 Å². The van der Waals surface area contributed by atoms with Crippen LogP contribution in [0.3, 0.4) is 0 Å². The Morgan fingerprint density at radius 1 is 1.04 bits per heavy atom. The van der Waals surface area contributed by atoms with Crippen LogP contribution in [0.1, 0.15) is 5.56 Å². The molecule has 0 saturated carbocycles. The second-order valence-electron chi connectivity index (χ2n) is 5.05. The number of benzene rings is 2. The second kappa shape index (κ2) is 6.31. The summed E-state index contributed by atoms with van der Waals surface area (Å²) in [6.07, 6.45) is 1.56. The average Bonchev–Trinajstić information content (AvgIpc) is 2.51. The topological polar surface area (TPSA) is 70.1 Å². The number of phenols is 1. The molecule has 3 N–H and O–H groups in total. The van der Waals surface area contributed by atoms with Gasteiger partial charge in [-0.1, -0.05) is 12.1 Å². The molecule has 5 nitrogen and oxygen atoms in total. The smallest absolute Gasteiger partial charge is 0.229 e. The summed E-state index contributed by atoms with van der Waals surface area (Å²) in [5.41, 5.74) is 1.96. The molecule has 0 unspecified atom stereocenters. The minimum absolute atomic E-state index is 0.145. The zero-order valence-corrected chi connectivity index (χ0v) is 12.4. The first-order chi connectivity index (χ1) is 11.1. The van der Waals surface area contributed by atoms with E-state index >= 15 is 0 Å². The number of aryl methyl sites for hydroxylation is 1. The molecule has 0 amide bonds. The molecule has 0 atom stereocenters. The van der Waals surface area contributed by atoms with Crippen LogP contribution in [-0.2, 0) is 0 Å². The maximum absolute atomic E-state index is 13.8. The van der Waals surface area contributed by atoms with Crippen molar-refractivity contribution in [3.63, 3.8) is 0 Å².